The van der Waals surface area contributed by atoms with Crippen molar-refractivity contribution >= 4 is 14.3 Å². The molecular formula is C9H18O3Si. The van der Waals surface area contributed by atoms with Gasteiger partial charge in [0, 0.05) is 6.42 Å². The number of hydrogen-bond acceptors (Lipinski definition) is 2. The highest BCUT2D eigenvalue weighted by molar-refractivity contribution is 6.70. The first-order chi connectivity index (χ1) is 5.78. The van der Waals surface area contributed by atoms with Crippen LogP contribution in [-0.2, 0) is 9.22 Å². The zero-order valence-electron chi connectivity index (χ0n) is 8.97. The number of aliphatic carboxylic acids is 1. The van der Waals surface area contributed by atoms with Gasteiger partial charge in [0.15, 0.2) is 0 Å². The summed E-state index contributed by atoms with van der Waals surface area (Å²) in [5.74, 6) is -0.276. The second kappa shape index (κ2) is 4.46. The van der Waals surface area contributed by atoms with E-state index in [0.29, 0.717) is 17.8 Å². The van der Waals surface area contributed by atoms with Crippen molar-refractivity contribution in [3.8, 4) is 0 Å². The van der Waals surface area contributed by atoms with E-state index in [1.165, 1.54) is 0 Å². The van der Waals surface area contributed by atoms with Crippen molar-refractivity contribution in [2.75, 3.05) is 0 Å². The van der Waals surface area contributed by atoms with Crippen LogP contribution in [0.4, 0.5) is 0 Å². The molecule has 1 N–H and O–H groups in total. The lowest BCUT2D eigenvalue weighted by atomic mass is 10.2. The van der Waals surface area contributed by atoms with E-state index in [9.17, 15) is 4.79 Å². The Labute approximate surface area is 80.5 Å². The van der Waals surface area contributed by atoms with Gasteiger partial charge >= 0.3 is 5.97 Å². The minimum absolute atomic E-state index is 0.324. The average molecular weight is 202 g/mol. The van der Waals surface area contributed by atoms with E-state index in [0.717, 1.165) is 0 Å². The van der Waals surface area contributed by atoms with Crippen LogP contribution in [0.3, 0.4) is 0 Å². The molecule has 0 bridgehead atoms. The van der Waals surface area contributed by atoms with Gasteiger partial charge in [-0.2, -0.15) is 0 Å². The SMILES string of the molecule is CC/C(O[Si](C)(C)C)=C(/C)C(=O)O. The van der Waals surface area contributed by atoms with Crippen LogP contribution in [0.25, 0.3) is 0 Å². The van der Waals surface area contributed by atoms with Gasteiger partial charge in [-0.25, -0.2) is 4.79 Å². The Morgan fingerprint density at radius 3 is 2.08 bits per heavy atom. The Kier molecular flexibility index (Phi) is 4.19. The number of rotatable bonds is 4. The number of hydrogen-bond donors (Lipinski definition) is 1. The molecule has 0 spiro atoms. The summed E-state index contributed by atoms with van der Waals surface area (Å²) in [5, 5.41) is 8.76. The van der Waals surface area contributed by atoms with Crippen LogP contribution in [0, 0.1) is 0 Å². The molecule has 0 unspecified atom stereocenters. The third-order valence-corrected chi connectivity index (χ3v) is 2.35. The lowest BCUT2D eigenvalue weighted by molar-refractivity contribution is -0.132. The van der Waals surface area contributed by atoms with Gasteiger partial charge in [0.2, 0.25) is 8.32 Å². The molecule has 0 aromatic heterocycles. The van der Waals surface area contributed by atoms with Crippen molar-refractivity contribution < 1.29 is 14.3 Å². The monoisotopic (exact) mass is 202 g/mol. The van der Waals surface area contributed by atoms with Gasteiger partial charge in [0.05, 0.1) is 11.3 Å². The fourth-order valence-electron chi connectivity index (χ4n) is 0.903. The van der Waals surface area contributed by atoms with Crippen molar-refractivity contribution in [3.05, 3.63) is 11.3 Å². The molecule has 76 valence electrons. The Hall–Kier alpha value is -0.773. The van der Waals surface area contributed by atoms with E-state index in [-0.39, 0.29) is 0 Å². The first kappa shape index (κ1) is 12.2. The Morgan fingerprint density at radius 1 is 1.38 bits per heavy atom. The minimum Gasteiger partial charge on any atom is -0.547 e. The molecule has 13 heavy (non-hydrogen) atoms. The van der Waals surface area contributed by atoms with Crippen molar-refractivity contribution in [1.29, 1.82) is 0 Å². The van der Waals surface area contributed by atoms with Gasteiger partial charge in [0.1, 0.15) is 0 Å². The van der Waals surface area contributed by atoms with E-state index in [4.69, 9.17) is 9.53 Å². The molecule has 0 aliphatic carbocycles. The number of allylic oxidation sites excluding steroid dienone is 1. The standard InChI is InChI=1S/C9H18O3Si/c1-6-8(7(2)9(10)11)12-13(3,4)5/h6H2,1-5H3,(H,10,11)/b8-7+. The van der Waals surface area contributed by atoms with E-state index in [1.54, 1.807) is 6.92 Å². The molecule has 0 aliphatic rings. The van der Waals surface area contributed by atoms with Crippen molar-refractivity contribution in [1.82, 2.24) is 0 Å². The largest absolute Gasteiger partial charge is 0.547 e. The molecule has 3 nitrogen and oxygen atoms in total. The molecule has 0 radical (unpaired) electrons. The Morgan fingerprint density at radius 2 is 1.85 bits per heavy atom. The maximum Gasteiger partial charge on any atom is 0.334 e. The van der Waals surface area contributed by atoms with Crippen LogP contribution in [0.5, 0.6) is 0 Å². The summed E-state index contributed by atoms with van der Waals surface area (Å²) in [7, 11) is -1.67. The molecule has 0 fully saturated rings. The molecule has 0 saturated heterocycles. The molecule has 4 heteroatoms. The number of carboxylic acids is 1. The molecule has 0 aromatic carbocycles. The first-order valence-electron chi connectivity index (χ1n) is 4.40. The molecule has 0 saturated carbocycles. The average Bonchev–Trinajstić information content (AvgIpc) is 1.97. The summed E-state index contributed by atoms with van der Waals surface area (Å²) < 4.78 is 5.65. The lowest BCUT2D eigenvalue weighted by Gasteiger charge is -2.22. The molecule has 0 aliphatic heterocycles. The highest BCUT2D eigenvalue weighted by atomic mass is 28.4. The normalized spacial score (nSPS) is 13.6. The fourth-order valence-corrected chi connectivity index (χ4v) is 1.94. The minimum atomic E-state index is -1.67. The highest BCUT2D eigenvalue weighted by Gasteiger charge is 2.19. The molecule has 0 heterocycles. The third kappa shape index (κ3) is 4.72. The zero-order valence-corrected chi connectivity index (χ0v) is 9.97. The van der Waals surface area contributed by atoms with E-state index >= 15 is 0 Å². The van der Waals surface area contributed by atoms with Crippen molar-refractivity contribution in [2.45, 2.75) is 39.9 Å². The molecule has 0 aromatic rings. The molecule has 0 amide bonds. The maximum atomic E-state index is 10.7. The van der Waals surface area contributed by atoms with Crippen LogP contribution < -0.4 is 0 Å². The van der Waals surface area contributed by atoms with Crippen LogP contribution in [0.2, 0.25) is 19.6 Å². The van der Waals surface area contributed by atoms with Gasteiger partial charge in [-0.05, 0) is 26.6 Å². The second-order valence-corrected chi connectivity index (χ2v) is 8.35. The van der Waals surface area contributed by atoms with Gasteiger partial charge in [-0.15, -0.1) is 0 Å². The quantitative estimate of drug-likeness (QED) is 0.433. The van der Waals surface area contributed by atoms with Gasteiger partial charge in [0.25, 0.3) is 0 Å². The lowest BCUT2D eigenvalue weighted by Crippen LogP contribution is -2.25. The maximum absolute atomic E-state index is 10.7. The second-order valence-electron chi connectivity index (χ2n) is 3.92. The smallest absolute Gasteiger partial charge is 0.334 e. The Balaban J connectivity index is 4.70. The van der Waals surface area contributed by atoms with Crippen molar-refractivity contribution in [3.63, 3.8) is 0 Å². The number of carboxylic acid groups (broad SMARTS) is 1. The predicted octanol–water partition coefficient (Wildman–Crippen LogP) is 2.61. The zero-order chi connectivity index (χ0) is 10.6. The molecule has 0 atom stereocenters. The first-order valence-corrected chi connectivity index (χ1v) is 7.80. The summed E-state index contributed by atoms with van der Waals surface area (Å²) in [6.45, 7) is 9.61. The highest BCUT2D eigenvalue weighted by Crippen LogP contribution is 2.16. The van der Waals surface area contributed by atoms with Crippen LogP contribution in [0.1, 0.15) is 20.3 Å². The van der Waals surface area contributed by atoms with E-state index < -0.39 is 14.3 Å². The summed E-state index contributed by atoms with van der Waals surface area (Å²) in [4.78, 5) is 10.7. The van der Waals surface area contributed by atoms with Gasteiger partial charge in [-0.3, -0.25) is 0 Å². The van der Waals surface area contributed by atoms with Crippen molar-refractivity contribution in [2.24, 2.45) is 0 Å². The van der Waals surface area contributed by atoms with Gasteiger partial charge < -0.3 is 9.53 Å². The number of carbonyl (C=O) groups is 1. The summed E-state index contributed by atoms with van der Waals surface area (Å²) in [5.41, 5.74) is 0.324. The van der Waals surface area contributed by atoms with Crippen LogP contribution in [0.15, 0.2) is 11.3 Å². The summed E-state index contributed by atoms with van der Waals surface area (Å²) in [6.07, 6.45) is 0.641. The Bertz CT molecular complexity index is 226. The summed E-state index contributed by atoms with van der Waals surface area (Å²) >= 11 is 0. The van der Waals surface area contributed by atoms with E-state index in [2.05, 4.69) is 0 Å². The third-order valence-electron chi connectivity index (χ3n) is 1.49. The van der Waals surface area contributed by atoms with Gasteiger partial charge in [-0.1, -0.05) is 6.92 Å². The molecule has 0 rings (SSSR count). The van der Waals surface area contributed by atoms with Crippen LogP contribution in [-0.4, -0.2) is 19.4 Å². The summed E-state index contributed by atoms with van der Waals surface area (Å²) in [6, 6.07) is 0. The predicted molar refractivity (Wildman–Crippen MR) is 55.1 cm³/mol. The van der Waals surface area contributed by atoms with Crippen LogP contribution >= 0.6 is 0 Å². The van der Waals surface area contributed by atoms with E-state index in [1.807, 2.05) is 26.6 Å². The topological polar surface area (TPSA) is 46.5 Å². The fraction of sp³-hybridized carbons (Fsp3) is 0.667. The molecular weight excluding hydrogens is 184 g/mol.